The van der Waals surface area contributed by atoms with Crippen LogP contribution in [0.4, 0.5) is 0 Å². The van der Waals surface area contributed by atoms with E-state index < -0.39 is 11.8 Å². The zero-order valence-electron chi connectivity index (χ0n) is 7.26. The maximum atomic E-state index is 11.4. The Morgan fingerprint density at radius 3 is 2.92 bits per heavy atom. The Morgan fingerprint density at radius 1 is 1.83 bits per heavy atom. The first-order chi connectivity index (χ1) is 5.54. The minimum absolute atomic E-state index is 0.178. The summed E-state index contributed by atoms with van der Waals surface area (Å²) in [6.45, 7) is 5.97. The van der Waals surface area contributed by atoms with E-state index in [1.807, 2.05) is 6.92 Å². The van der Waals surface area contributed by atoms with Crippen LogP contribution in [0.3, 0.4) is 0 Å². The van der Waals surface area contributed by atoms with E-state index >= 15 is 0 Å². The quantitative estimate of drug-likeness (QED) is 0.486. The Bertz CT molecular complexity index is 174. The van der Waals surface area contributed by atoms with Crippen LogP contribution in [0, 0.1) is 6.92 Å². The van der Waals surface area contributed by atoms with Gasteiger partial charge in [0.2, 0.25) is 5.91 Å². The van der Waals surface area contributed by atoms with Gasteiger partial charge in [0, 0.05) is 0 Å². The third-order valence-corrected chi connectivity index (χ3v) is 2.17. The predicted molar refractivity (Wildman–Crippen MR) is 45.1 cm³/mol. The lowest BCUT2D eigenvalue weighted by atomic mass is 9.99. The fraction of sp³-hybridized carbons (Fsp3) is 0.750. The number of hydrogen-bond donors (Lipinski definition) is 3. The van der Waals surface area contributed by atoms with Gasteiger partial charge in [0.25, 0.3) is 0 Å². The van der Waals surface area contributed by atoms with E-state index in [0.29, 0.717) is 0 Å². The number of aliphatic hydroxyl groups is 1. The van der Waals surface area contributed by atoms with Gasteiger partial charge in [-0.25, -0.2) is 0 Å². The summed E-state index contributed by atoms with van der Waals surface area (Å²) >= 11 is 0. The zero-order valence-corrected chi connectivity index (χ0v) is 7.26. The first-order valence-corrected chi connectivity index (χ1v) is 4.12. The number of carbonyl (C=O) groups is 1. The molecule has 0 saturated carbocycles. The van der Waals surface area contributed by atoms with Crippen molar-refractivity contribution in [2.75, 3.05) is 6.54 Å². The molecule has 0 aliphatic carbocycles. The van der Waals surface area contributed by atoms with E-state index in [4.69, 9.17) is 5.11 Å². The highest BCUT2D eigenvalue weighted by atomic mass is 16.3. The molecular formula is C8H15N2O2. The molecular weight excluding hydrogens is 156 g/mol. The largest absolute Gasteiger partial charge is 0.374 e. The van der Waals surface area contributed by atoms with Gasteiger partial charge in [0.05, 0.1) is 5.54 Å². The monoisotopic (exact) mass is 171 g/mol. The van der Waals surface area contributed by atoms with Crippen molar-refractivity contribution in [2.45, 2.75) is 31.5 Å². The maximum absolute atomic E-state index is 11.4. The molecule has 1 rings (SSSR count). The smallest absolute Gasteiger partial charge is 0.241 e. The van der Waals surface area contributed by atoms with Crippen LogP contribution in [0.15, 0.2) is 0 Å². The summed E-state index contributed by atoms with van der Waals surface area (Å²) in [6, 6.07) is 0. The average Bonchev–Trinajstić information content (AvgIpc) is 2.36. The van der Waals surface area contributed by atoms with Crippen LogP contribution in [0.1, 0.15) is 19.8 Å². The lowest BCUT2D eigenvalue weighted by Crippen LogP contribution is -2.53. The van der Waals surface area contributed by atoms with Gasteiger partial charge >= 0.3 is 0 Å². The van der Waals surface area contributed by atoms with Gasteiger partial charge in [-0.05, 0) is 33.2 Å². The van der Waals surface area contributed by atoms with Crippen molar-refractivity contribution in [2.24, 2.45) is 0 Å². The molecule has 3 N–H and O–H groups in total. The van der Waals surface area contributed by atoms with Crippen LogP contribution in [-0.4, -0.2) is 29.3 Å². The molecule has 1 unspecified atom stereocenters. The Hall–Kier alpha value is -0.610. The SMILES string of the molecule is [CH2][C@H](O)NC(=O)C1(C)CCCN1. The van der Waals surface area contributed by atoms with Crippen molar-refractivity contribution >= 4 is 5.91 Å². The van der Waals surface area contributed by atoms with E-state index in [1.165, 1.54) is 0 Å². The molecule has 0 aromatic carbocycles. The van der Waals surface area contributed by atoms with Gasteiger partial charge in [-0.3, -0.25) is 4.79 Å². The lowest BCUT2D eigenvalue weighted by Gasteiger charge is -2.23. The molecule has 0 spiro atoms. The van der Waals surface area contributed by atoms with Crippen molar-refractivity contribution in [3.8, 4) is 0 Å². The van der Waals surface area contributed by atoms with Gasteiger partial charge in [-0.15, -0.1) is 0 Å². The Kier molecular flexibility index (Phi) is 2.69. The summed E-state index contributed by atoms with van der Waals surface area (Å²) in [5, 5.41) is 14.3. The molecule has 4 nitrogen and oxygen atoms in total. The number of carbonyl (C=O) groups excluding carboxylic acids is 1. The maximum Gasteiger partial charge on any atom is 0.241 e. The van der Waals surface area contributed by atoms with Crippen molar-refractivity contribution in [3.63, 3.8) is 0 Å². The molecule has 0 aromatic heterocycles. The van der Waals surface area contributed by atoms with E-state index in [1.54, 1.807) is 0 Å². The summed E-state index contributed by atoms with van der Waals surface area (Å²) in [4.78, 5) is 11.4. The van der Waals surface area contributed by atoms with E-state index in [-0.39, 0.29) is 5.91 Å². The Labute approximate surface area is 72.3 Å². The minimum atomic E-state index is -1.02. The van der Waals surface area contributed by atoms with Crippen LogP contribution in [-0.2, 0) is 4.79 Å². The molecule has 0 aromatic rings. The molecule has 1 heterocycles. The molecule has 1 fully saturated rings. The topological polar surface area (TPSA) is 61.4 Å². The van der Waals surface area contributed by atoms with Crippen molar-refractivity contribution in [3.05, 3.63) is 6.92 Å². The van der Waals surface area contributed by atoms with Crippen LogP contribution < -0.4 is 10.6 Å². The first-order valence-electron chi connectivity index (χ1n) is 4.12. The number of nitrogens with one attached hydrogen (secondary N) is 2. The molecule has 0 bridgehead atoms. The van der Waals surface area contributed by atoms with E-state index in [0.717, 1.165) is 19.4 Å². The highest BCUT2D eigenvalue weighted by Gasteiger charge is 2.35. The van der Waals surface area contributed by atoms with Gasteiger partial charge in [-0.2, -0.15) is 0 Å². The summed E-state index contributed by atoms with van der Waals surface area (Å²) in [6.07, 6.45) is 0.791. The summed E-state index contributed by atoms with van der Waals surface area (Å²) in [5.74, 6) is -0.178. The second-order valence-corrected chi connectivity index (χ2v) is 3.35. The summed E-state index contributed by atoms with van der Waals surface area (Å²) in [7, 11) is 0. The molecule has 1 amide bonds. The summed E-state index contributed by atoms with van der Waals surface area (Å²) < 4.78 is 0. The van der Waals surface area contributed by atoms with Gasteiger partial charge in [0.1, 0.15) is 6.23 Å². The normalized spacial score (nSPS) is 31.6. The molecule has 1 aliphatic heterocycles. The first kappa shape index (κ1) is 9.48. The molecule has 1 saturated heterocycles. The van der Waals surface area contributed by atoms with E-state index in [2.05, 4.69) is 17.6 Å². The second kappa shape index (κ2) is 3.41. The predicted octanol–water partition coefficient (Wildman–Crippen LogP) is -0.603. The highest BCUT2D eigenvalue weighted by Crippen LogP contribution is 2.18. The fourth-order valence-electron chi connectivity index (χ4n) is 1.40. The highest BCUT2D eigenvalue weighted by molar-refractivity contribution is 5.86. The Balaban J connectivity index is 2.50. The van der Waals surface area contributed by atoms with E-state index in [9.17, 15) is 4.79 Å². The minimum Gasteiger partial charge on any atom is -0.374 e. The molecule has 69 valence electrons. The lowest BCUT2D eigenvalue weighted by molar-refractivity contribution is -0.128. The van der Waals surface area contributed by atoms with Crippen LogP contribution in [0.25, 0.3) is 0 Å². The van der Waals surface area contributed by atoms with Crippen LogP contribution in [0.2, 0.25) is 0 Å². The molecule has 1 aliphatic rings. The number of amides is 1. The van der Waals surface area contributed by atoms with Crippen molar-refractivity contribution < 1.29 is 9.90 Å². The summed E-state index contributed by atoms with van der Waals surface area (Å²) in [5.41, 5.74) is -0.515. The standard InChI is InChI=1S/C8H15N2O2/c1-6(11)10-7(12)8(2)4-3-5-9-8/h6,9,11H,1,3-5H2,2H3,(H,10,12)/t6-,8?/m0/s1. The van der Waals surface area contributed by atoms with Crippen LogP contribution in [0.5, 0.6) is 0 Å². The molecule has 2 atom stereocenters. The molecule has 4 heteroatoms. The van der Waals surface area contributed by atoms with Crippen molar-refractivity contribution in [1.82, 2.24) is 10.6 Å². The zero-order chi connectivity index (χ0) is 9.19. The third-order valence-electron chi connectivity index (χ3n) is 2.17. The molecule has 12 heavy (non-hydrogen) atoms. The van der Waals surface area contributed by atoms with Gasteiger partial charge in [0.15, 0.2) is 0 Å². The second-order valence-electron chi connectivity index (χ2n) is 3.35. The average molecular weight is 171 g/mol. The number of aliphatic hydroxyl groups excluding tert-OH is 1. The number of hydrogen-bond acceptors (Lipinski definition) is 3. The van der Waals surface area contributed by atoms with Gasteiger partial charge < -0.3 is 15.7 Å². The Morgan fingerprint density at radius 2 is 2.50 bits per heavy atom. The van der Waals surface area contributed by atoms with Gasteiger partial charge in [-0.1, -0.05) is 0 Å². The molecule has 1 radical (unpaired) electrons. The van der Waals surface area contributed by atoms with Crippen molar-refractivity contribution in [1.29, 1.82) is 0 Å². The fourth-order valence-corrected chi connectivity index (χ4v) is 1.40. The number of rotatable bonds is 2. The third kappa shape index (κ3) is 1.95. The van der Waals surface area contributed by atoms with Crippen LogP contribution >= 0.6 is 0 Å².